The van der Waals surface area contributed by atoms with Crippen molar-refractivity contribution < 1.29 is 27.0 Å². The first kappa shape index (κ1) is 22.9. The van der Waals surface area contributed by atoms with Gasteiger partial charge in [-0.2, -0.15) is 11.8 Å². The van der Waals surface area contributed by atoms with Crippen LogP contribution in [0.3, 0.4) is 0 Å². The van der Waals surface area contributed by atoms with Gasteiger partial charge in [-0.1, -0.05) is 18.5 Å². The normalized spacial score (nSPS) is 18.5. The molecule has 1 N–H and O–H groups in total. The van der Waals surface area contributed by atoms with Crippen molar-refractivity contribution in [2.45, 2.75) is 28.7 Å². The molecule has 2 unspecified atom stereocenters. The van der Waals surface area contributed by atoms with E-state index in [9.17, 15) is 17.2 Å². The highest BCUT2D eigenvalue weighted by atomic mass is 35.5. The molecule has 2 aromatic carbocycles. The van der Waals surface area contributed by atoms with Crippen molar-refractivity contribution in [3.8, 4) is 5.75 Å². The molecule has 154 valence electrons. The fourth-order valence-electron chi connectivity index (χ4n) is 2.93. The minimum absolute atomic E-state index is 0.00444. The first-order valence-corrected chi connectivity index (χ1v) is 11.5. The van der Waals surface area contributed by atoms with Crippen LogP contribution in [-0.2, 0) is 9.84 Å². The van der Waals surface area contributed by atoms with Gasteiger partial charge in [-0.15, -0.1) is 0 Å². The summed E-state index contributed by atoms with van der Waals surface area (Å²) in [5.74, 6) is -1.18. The molecule has 0 saturated carbocycles. The molecule has 0 amide bonds. The van der Waals surface area contributed by atoms with E-state index in [4.69, 9.17) is 21.4 Å². The maximum atomic E-state index is 14.6. The molecule has 0 aromatic heterocycles. The van der Waals surface area contributed by atoms with Crippen LogP contribution >= 0.6 is 23.4 Å². The van der Waals surface area contributed by atoms with Crippen LogP contribution in [0.15, 0.2) is 41.3 Å². The SMILES string of the molecule is CCCSC1COc2c(F)ccc(F)c2C1S(=O)(=O)c1ccc(Cl)cc1.CO. The van der Waals surface area contributed by atoms with Gasteiger partial charge in [0.05, 0.1) is 15.7 Å². The Bertz CT molecular complexity index is 905. The first-order valence-electron chi connectivity index (χ1n) is 8.52. The predicted molar refractivity (Wildman–Crippen MR) is 108 cm³/mol. The van der Waals surface area contributed by atoms with Gasteiger partial charge in [0.1, 0.15) is 17.7 Å². The molecule has 1 aliphatic heterocycles. The van der Waals surface area contributed by atoms with Crippen molar-refractivity contribution in [1.29, 1.82) is 0 Å². The van der Waals surface area contributed by atoms with E-state index in [1.807, 2.05) is 6.92 Å². The van der Waals surface area contributed by atoms with Crippen LogP contribution in [0.5, 0.6) is 5.75 Å². The molecule has 0 bridgehead atoms. The van der Waals surface area contributed by atoms with Gasteiger partial charge in [0.2, 0.25) is 0 Å². The second-order valence-corrected chi connectivity index (χ2v) is 9.76. The highest BCUT2D eigenvalue weighted by Gasteiger charge is 2.44. The van der Waals surface area contributed by atoms with Gasteiger partial charge < -0.3 is 9.84 Å². The van der Waals surface area contributed by atoms with E-state index < -0.39 is 32.0 Å². The third-order valence-corrected chi connectivity index (χ3v) is 8.19. The average molecular weight is 451 g/mol. The number of benzene rings is 2. The highest BCUT2D eigenvalue weighted by Crippen LogP contribution is 2.46. The Morgan fingerprint density at radius 3 is 2.36 bits per heavy atom. The van der Waals surface area contributed by atoms with Crippen LogP contribution in [-0.4, -0.2) is 38.2 Å². The Balaban J connectivity index is 0.00000136. The summed E-state index contributed by atoms with van der Waals surface area (Å²) in [4.78, 5) is 0.0190. The lowest BCUT2D eigenvalue weighted by atomic mass is 10.0. The summed E-state index contributed by atoms with van der Waals surface area (Å²) in [5, 5.41) is 5.62. The van der Waals surface area contributed by atoms with E-state index in [0.29, 0.717) is 10.8 Å². The molecule has 0 spiro atoms. The summed E-state index contributed by atoms with van der Waals surface area (Å²) in [5.41, 5.74) is -0.236. The minimum Gasteiger partial charge on any atom is -0.489 e. The van der Waals surface area contributed by atoms with Gasteiger partial charge in [0.15, 0.2) is 21.4 Å². The van der Waals surface area contributed by atoms with Crippen LogP contribution in [0.1, 0.15) is 24.2 Å². The van der Waals surface area contributed by atoms with Gasteiger partial charge in [-0.3, -0.25) is 0 Å². The lowest BCUT2D eigenvalue weighted by molar-refractivity contribution is 0.270. The molecular weight excluding hydrogens is 430 g/mol. The molecule has 0 aliphatic carbocycles. The second kappa shape index (κ2) is 9.91. The molecule has 2 aromatic rings. The van der Waals surface area contributed by atoms with E-state index in [-0.39, 0.29) is 22.8 Å². The number of fused-ring (bicyclic) bond motifs is 1. The number of thioether (sulfide) groups is 1. The zero-order valence-corrected chi connectivity index (χ0v) is 17.8. The topological polar surface area (TPSA) is 63.6 Å². The summed E-state index contributed by atoms with van der Waals surface area (Å²) < 4.78 is 60.7. The van der Waals surface area contributed by atoms with Crippen molar-refractivity contribution in [3.05, 3.63) is 58.6 Å². The summed E-state index contributed by atoms with van der Waals surface area (Å²) in [6.45, 7) is 1.96. The Morgan fingerprint density at radius 1 is 1.14 bits per heavy atom. The maximum absolute atomic E-state index is 14.6. The Labute approximate surface area is 172 Å². The molecule has 28 heavy (non-hydrogen) atoms. The molecule has 0 saturated heterocycles. The highest BCUT2D eigenvalue weighted by molar-refractivity contribution is 8.01. The smallest absolute Gasteiger partial charge is 0.186 e. The van der Waals surface area contributed by atoms with E-state index in [1.54, 1.807) is 0 Å². The second-order valence-electron chi connectivity index (χ2n) is 5.91. The maximum Gasteiger partial charge on any atom is 0.186 e. The standard InChI is InChI=1S/C18H17ClF2O3S2.CH4O/c1-2-9-25-15-10-24-17-14(21)8-7-13(20)16(17)18(15)26(22,23)12-5-3-11(19)4-6-12;1-2/h3-8,15,18H,2,9-10H2,1H3;2H,1H3. The van der Waals surface area contributed by atoms with Crippen LogP contribution < -0.4 is 4.74 Å². The molecule has 1 heterocycles. The number of hydrogen-bond acceptors (Lipinski definition) is 5. The summed E-state index contributed by atoms with van der Waals surface area (Å²) in [6.07, 6.45) is 0.827. The van der Waals surface area contributed by atoms with Gasteiger partial charge in [0, 0.05) is 12.1 Å². The molecule has 1 aliphatic rings. The number of aliphatic hydroxyl groups is 1. The van der Waals surface area contributed by atoms with Crippen molar-refractivity contribution >= 4 is 33.2 Å². The van der Waals surface area contributed by atoms with Crippen LogP contribution in [0.2, 0.25) is 5.02 Å². The Kier molecular flexibility index (Phi) is 8.12. The Hall–Kier alpha value is -1.35. The number of halogens is 3. The fraction of sp³-hybridized carbons (Fsp3) is 0.368. The number of aliphatic hydroxyl groups excluding tert-OH is 1. The van der Waals surface area contributed by atoms with Crippen molar-refractivity contribution in [2.75, 3.05) is 19.5 Å². The first-order chi connectivity index (χ1) is 13.4. The molecule has 9 heteroatoms. The van der Waals surface area contributed by atoms with Gasteiger partial charge in [-0.05, 0) is 48.6 Å². The van der Waals surface area contributed by atoms with Crippen LogP contribution in [0, 0.1) is 11.6 Å². The summed E-state index contributed by atoms with van der Waals surface area (Å²) in [6, 6.07) is 7.57. The van der Waals surface area contributed by atoms with Gasteiger partial charge in [-0.25, -0.2) is 17.2 Å². The molecule has 3 rings (SSSR count). The lowest BCUT2D eigenvalue weighted by Crippen LogP contribution is -2.35. The summed E-state index contributed by atoms with van der Waals surface area (Å²) >= 11 is 7.23. The van der Waals surface area contributed by atoms with E-state index in [2.05, 4.69) is 0 Å². The van der Waals surface area contributed by atoms with E-state index in [0.717, 1.165) is 25.7 Å². The van der Waals surface area contributed by atoms with Gasteiger partial charge >= 0.3 is 0 Å². The number of rotatable bonds is 5. The van der Waals surface area contributed by atoms with Crippen molar-refractivity contribution in [2.24, 2.45) is 0 Å². The van der Waals surface area contributed by atoms with E-state index in [1.165, 1.54) is 36.0 Å². The zero-order chi connectivity index (χ0) is 20.9. The van der Waals surface area contributed by atoms with Crippen LogP contribution in [0.4, 0.5) is 8.78 Å². The molecule has 2 atom stereocenters. The number of sulfone groups is 1. The average Bonchev–Trinajstić information content (AvgIpc) is 2.70. The largest absolute Gasteiger partial charge is 0.489 e. The zero-order valence-electron chi connectivity index (χ0n) is 15.4. The molecule has 0 radical (unpaired) electrons. The van der Waals surface area contributed by atoms with Crippen LogP contribution in [0.25, 0.3) is 0 Å². The quantitative estimate of drug-likeness (QED) is 0.718. The Morgan fingerprint density at radius 2 is 1.75 bits per heavy atom. The van der Waals surface area contributed by atoms with E-state index >= 15 is 0 Å². The third-order valence-electron chi connectivity index (χ3n) is 4.12. The molecular formula is C19H21ClF2O4S2. The van der Waals surface area contributed by atoms with Crippen molar-refractivity contribution in [1.82, 2.24) is 0 Å². The van der Waals surface area contributed by atoms with Gasteiger partial charge in [0.25, 0.3) is 0 Å². The summed E-state index contributed by atoms with van der Waals surface area (Å²) in [7, 11) is -2.98. The fourth-order valence-corrected chi connectivity index (χ4v) is 6.56. The monoisotopic (exact) mass is 450 g/mol. The van der Waals surface area contributed by atoms with Crippen molar-refractivity contribution in [3.63, 3.8) is 0 Å². The predicted octanol–water partition coefficient (Wildman–Crippen LogP) is 4.65. The minimum atomic E-state index is -3.98. The number of ether oxygens (including phenoxy) is 1. The molecule has 4 nitrogen and oxygen atoms in total. The lowest BCUT2D eigenvalue weighted by Gasteiger charge is -2.33. The number of hydrogen-bond donors (Lipinski definition) is 1. The molecule has 0 fully saturated rings. The third kappa shape index (κ3) is 4.62.